The van der Waals surface area contributed by atoms with Gasteiger partial charge in [0.1, 0.15) is 4.60 Å². The Morgan fingerprint density at radius 1 is 1.34 bits per heavy atom. The molecule has 2 heterocycles. The van der Waals surface area contributed by atoms with Gasteiger partial charge in [0.2, 0.25) is 5.91 Å². The first-order chi connectivity index (χ1) is 13.6. The molecule has 1 saturated heterocycles. The topological polar surface area (TPSA) is 75.4 Å². The molecule has 29 heavy (non-hydrogen) atoms. The van der Waals surface area contributed by atoms with Gasteiger partial charge in [-0.25, -0.2) is 4.98 Å². The smallest absolute Gasteiger partial charge is 0.269 e. The van der Waals surface area contributed by atoms with Crippen LogP contribution in [0.4, 0.5) is 0 Å². The fourth-order valence-electron chi connectivity index (χ4n) is 5.00. The highest BCUT2D eigenvalue weighted by molar-refractivity contribution is 9.10. The Labute approximate surface area is 181 Å². The van der Waals surface area contributed by atoms with Gasteiger partial charge in [0.25, 0.3) is 5.56 Å². The van der Waals surface area contributed by atoms with Crippen molar-refractivity contribution in [2.45, 2.75) is 77.9 Å². The minimum atomic E-state index is -1.07. The summed E-state index contributed by atoms with van der Waals surface area (Å²) in [7, 11) is 0. The zero-order valence-electron chi connectivity index (χ0n) is 17.9. The summed E-state index contributed by atoms with van der Waals surface area (Å²) < 4.78 is 2.06. The van der Waals surface area contributed by atoms with Gasteiger partial charge in [-0.15, -0.1) is 0 Å². The van der Waals surface area contributed by atoms with Crippen LogP contribution in [-0.2, 0) is 11.3 Å². The average Bonchev–Trinajstić information content (AvgIpc) is 2.67. The number of halogens is 1. The average molecular weight is 468 g/mol. The van der Waals surface area contributed by atoms with Crippen molar-refractivity contribution >= 4 is 21.8 Å². The Kier molecular flexibility index (Phi) is 6.88. The fourth-order valence-corrected chi connectivity index (χ4v) is 5.35. The third kappa shape index (κ3) is 5.10. The molecule has 1 aliphatic carbocycles. The van der Waals surface area contributed by atoms with Crippen molar-refractivity contribution in [3.63, 3.8) is 0 Å². The van der Waals surface area contributed by atoms with E-state index in [2.05, 4.69) is 27.8 Å². The molecular formula is C22H34BrN3O3. The van der Waals surface area contributed by atoms with Crippen LogP contribution >= 0.6 is 15.9 Å². The van der Waals surface area contributed by atoms with Crippen molar-refractivity contribution in [3.05, 3.63) is 27.4 Å². The van der Waals surface area contributed by atoms with Crippen LogP contribution in [0, 0.1) is 17.3 Å². The van der Waals surface area contributed by atoms with Gasteiger partial charge >= 0.3 is 0 Å². The van der Waals surface area contributed by atoms with E-state index in [0.717, 1.165) is 6.42 Å². The molecule has 0 radical (unpaired) electrons. The first-order valence-corrected chi connectivity index (χ1v) is 11.6. The van der Waals surface area contributed by atoms with Crippen molar-refractivity contribution < 1.29 is 9.90 Å². The molecule has 1 aromatic heterocycles. The normalized spacial score (nSPS) is 26.3. The molecule has 1 saturated carbocycles. The summed E-state index contributed by atoms with van der Waals surface area (Å²) in [6, 6.07) is 0. The Hall–Kier alpha value is -1.21. The second-order valence-corrected chi connectivity index (χ2v) is 10.6. The highest BCUT2D eigenvalue weighted by Crippen LogP contribution is 2.40. The summed E-state index contributed by atoms with van der Waals surface area (Å²) in [5.74, 6) is 0.905. The van der Waals surface area contributed by atoms with E-state index in [0.29, 0.717) is 30.0 Å². The predicted molar refractivity (Wildman–Crippen MR) is 116 cm³/mol. The Morgan fingerprint density at radius 3 is 2.69 bits per heavy atom. The third-order valence-corrected chi connectivity index (χ3v) is 7.47. The molecule has 1 N–H and O–H groups in total. The number of rotatable bonds is 5. The van der Waals surface area contributed by atoms with E-state index in [-0.39, 0.29) is 23.9 Å². The van der Waals surface area contributed by atoms with Gasteiger partial charge in [-0.1, -0.05) is 52.9 Å². The molecule has 162 valence electrons. The highest BCUT2D eigenvalue weighted by atomic mass is 79.9. The van der Waals surface area contributed by atoms with Gasteiger partial charge in [0.05, 0.1) is 18.3 Å². The standard InChI is InChI=1S/C22H34BrN3O3/c1-16(11-17-7-5-4-6-8-17)20(28)25-10-9-22(29,21(2,3)14-25)15-26-13-18(23)24-12-19(26)27/h12-13,16-17,29H,4-11,14-15H2,1-3H3/t16-,22?/m1/s1. The molecule has 2 atom stereocenters. The molecule has 1 aliphatic heterocycles. The van der Waals surface area contributed by atoms with E-state index in [1.54, 1.807) is 6.20 Å². The molecular weight excluding hydrogens is 434 g/mol. The minimum absolute atomic E-state index is 0.0267. The summed E-state index contributed by atoms with van der Waals surface area (Å²) in [6.07, 6.45) is 10.7. The maximum absolute atomic E-state index is 13.1. The number of carbonyl (C=O) groups is 1. The third-order valence-electron chi connectivity index (χ3n) is 7.06. The lowest BCUT2D eigenvalue weighted by Crippen LogP contribution is -2.61. The molecule has 1 unspecified atom stereocenters. The van der Waals surface area contributed by atoms with E-state index in [4.69, 9.17) is 0 Å². The number of hydrogen-bond acceptors (Lipinski definition) is 4. The summed E-state index contributed by atoms with van der Waals surface area (Å²) >= 11 is 3.29. The number of aromatic nitrogens is 2. The van der Waals surface area contributed by atoms with Gasteiger partial charge in [-0.05, 0) is 34.7 Å². The van der Waals surface area contributed by atoms with Crippen LogP contribution in [-0.4, -0.2) is 44.2 Å². The number of hydrogen-bond donors (Lipinski definition) is 1. The van der Waals surface area contributed by atoms with Gasteiger partial charge < -0.3 is 14.6 Å². The molecule has 2 fully saturated rings. The number of likely N-dealkylation sites (tertiary alicyclic amines) is 1. The number of nitrogens with zero attached hydrogens (tertiary/aromatic N) is 3. The molecule has 7 heteroatoms. The second-order valence-electron chi connectivity index (χ2n) is 9.74. The predicted octanol–water partition coefficient (Wildman–Crippen LogP) is 3.60. The first-order valence-electron chi connectivity index (χ1n) is 10.8. The zero-order chi connectivity index (χ0) is 21.2. The van der Waals surface area contributed by atoms with E-state index >= 15 is 0 Å². The summed E-state index contributed by atoms with van der Waals surface area (Å²) in [4.78, 5) is 31.1. The van der Waals surface area contributed by atoms with Crippen molar-refractivity contribution in [1.29, 1.82) is 0 Å². The number of amides is 1. The van der Waals surface area contributed by atoms with Crippen LogP contribution in [0.5, 0.6) is 0 Å². The van der Waals surface area contributed by atoms with Gasteiger partial charge in [0, 0.05) is 30.6 Å². The molecule has 1 aromatic rings. The van der Waals surface area contributed by atoms with Crippen molar-refractivity contribution in [1.82, 2.24) is 14.5 Å². The number of piperidine rings is 1. The highest BCUT2D eigenvalue weighted by Gasteiger charge is 2.49. The summed E-state index contributed by atoms with van der Waals surface area (Å²) in [6.45, 7) is 7.24. The lowest BCUT2D eigenvalue weighted by Gasteiger charge is -2.51. The van der Waals surface area contributed by atoms with Gasteiger partial charge in [-0.2, -0.15) is 0 Å². The van der Waals surface area contributed by atoms with E-state index < -0.39 is 11.0 Å². The summed E-state index contributed by atoms with van der Waals surface area (Å²) in [5, 5.41) is 11.4. The minimum Gasteiger partial charge on any atom is -0.387 e. The summed E-state index contributed by atoms with van der Waals surface area (Å²) in [5.41, 5.74) is -1.83. The maximum Gasteiger partial charge on any atom is 0.269 e. The SMILES string of the molecule is C[C@H](CC1CCCCC1)C(=O)N1CCC(O)(Cn2cc(Br)ncc2=O)C(C)(C)C1. The lowest BCUT2D eigenvalue weighted by molar-refractivity contribution is -0.157. The first kappa shape index (κ1) is 22.5. The van der Waals surface area contributed by atoms with E-state index in [1.807, 2.05) is 18.7 Å². The molecule has 6 nitrogen and oxygen atoms in total. The number of carbonyl (C=O) groups excluding carboxylic acids is 1. The van der Waals surface area contributed by atoms with E-state index in [9.17, 15) is 14.7 Å². The quantitative estimate of drug-likeness (QED) is 0.717. The van der Waals surface area contributed by atoms with Crippen molar-refractivity contribution in [2.24, 2.45) is 17.3 Å². The molecule has 0 bridgehead atoms. The van der Waals surface area contributed by atoms with Gasteiger partial charge in [-0.3, -0.25) is 9.59 Å². The van der Waals surface area contributed by atoms with Crippen LogP contribution < -0.4 is 5.56 Å². The Bertz CT molecular complexity index is 788. The zero-order valence-corrected chi connectivity index (χ0v) is 19.4. The van der Waals surface area contributed by atoms with Crippen LogP contribution in [0.25, 0.3) is 0 Å². The molecule has 0 aromatic carbocycles. The van der Waals surface area contributed by atoms with Gasteiger partial charge in [0.15, 0.2) is 0 Å². The van der Waals surface area contributed by atoms with Crippen LogP contribution in [0.1, 0.15) is 65.7 Å². The van der Waals surface area contributed by atoms with E-state index in [1.165, 1.54) is 42.9 Å². The van der Waals surface area contributed by atoms with Crippen molar-refractivity contribution in [2.75, 3.05) is 13.1 Å². The van der Waals surface area contributed by atoms with Crippen LogP contribution in [0.3, 0.4) is 0 Å². The van der Waals surface area contributed by atoms with Crippen LogP contribution in [0.2, 0.25) is 0 Å². The number of aliphatic hydroxyl groups is 1. The molecule has 3 rings (SSSR count). The second kappa shape index (κ2) is 8.88. The Balaban J connectivity index is 1.66. The maximum atomic E-state index is 13.1. The monoisotopic (exact) mass is 467 g/mol. The lowest BCUT2D eigenvalue weighted by atomic mass is 9.69. The largest absolute Gasteiger partial charge is 0.387 e. The fraction of sp³-hybridized carbons (Fsp3) is 0.773. The molecule has 1 amide bonds. The van der Waals surface area contributed by atoms with Crippen molar-refractivity contribution in [3.8, 4) is 0 Å². The molecule has 0 spiro atoms. The van der Waals surface area contributed by atoms with Crippen LogP contribution in [0.15, 0.2) is 21.8 Å². The Morgan fingerprint density at radius 2 is 2.03 bits per heavy atom. The molecule has 2 aliphatic rings.